The minimum atomic E-state index is 0.0790. The molecule has 0 bridgehead atoms. The number of benzene rings is 1. The van der Waals surface area contributed by atoms with Crippen molar-refractivity contribution in [3.05, 3.63) is 52.7 Å². The van der Waals surface area contributed by atoms with Crippen LogP contribution in [0.4, 0.5) is 0 Å². The van der Waals surface area contributed by atoms with E-state index in [1.54, 1.807) is 31.1 Å². The summed E-state index contributed by atoms with van der Waals surface area (Å²) in [6, 6.07) is 9.36. The number of aromatic nitrogens is 1. The molecular formula is C20H24ClN3O2S. The molecule has 0 atom stereocenters. The van der Waals surface area contributed by atoms with Crippen molar-refractivity contribution in [3.63, 3.8) is 0 Å². The molecular weight excluding hydrogens is 382 g/mol. The predicted octanol–water partition coefficient (Wildman–Crippen LogP) is 3.81. The maximum Gasteiger partial charge on any atom is 0.254 e. The minimum absolute atomic E-state index is 0.0790. The van der Waals surface area contributed by atoms with Gasteiger partial charge >= 0.3 is 0 Å². The number of pyridine rings is 1. The van der Waals surface area contributed by atoms with Gasteiger partial charge in [-0.3, -0.25) is 9.69 Å². The van der Waals surface area contributed by atoms with E-state index in [2.05, 4.69) is 16.8 Å². The van der Waals surface area contributed by atoms with Crippen LogP contribution in [0.2, 0.25) is 5.02 Å². The standard InChI is InChI=1S/C20H24ClN3O2S/c1-3-27-19-13-15(6-7-22-19)20(25)24-10-8-23(9-11-24)14-16-12-17(21)4-5-18(16)26-2/h4-7,12-13H,3,8-11,14H2,1-2H3. The van der Waals surface area contributed by atoms with Gasteiger partial charge in [-0.05, 0) is 36.1 Å². The molecule has 7 heteroatoms. The molecule has 5 nitrogen and oxygen atoms in total. The fourth-order valence-electron chi connectivity index (χ4n) is 3.17. The molecule has 144 valence electrons. The summed E-state index contributed by atoms with van der Waals surface area (Å²) in [7, 11) is 1.67. The van der Waals surface area contributed by atoms with Gasteiger partial charge in [-0.2, -0.15) is 0 Å². The van der Waals surface area contributed by atoms with Crippen LogP contribution < -0.4 is 4.74 Å². The first-order valence-electron chi connectivity index (χ1n) is 9.03. The first-order chi connectivity index (χ1) is 13.1. The van der Waals surface area contributed by atoms with Crippen LogP contribution in [0.1, 0.15) is 22.8 Å². The summed E-state index contributed by atoms with van der Waals surface area (Å²) in [4.78, 5) is 21.3. The maximum absolute atomic E-state index is 12.8. The highest BCUT2D eigenvalue weighted by molar-refractivity contribution is 7.99. The average molecular weight is 406 g/mol. The number of nitrogens with zero attached hydrogens (tertiary/aromatic N) is 3. The molecule has 0 aliphatic carbocycles. The number of carbonyl (C=O) groups excluding carboxylic acids is 1. The molecule has 0 spiro atoms. The molecule has 1 aliphatic rings. The smallest absolute Gasteiger partial charge is 0.254 e. The number of hydrogen-bond donors (Lipinski definition) is 0. The van der Waals surface area contributed by atoms with Crippen molar-refractivity contribution in [1.29, 1.82) is 0 Å². The Kier molecular flexibility index (Phi) is 6.99. The molecule has 1 aromatic heterocycles. The van der Waals surface area contributed by atoms with Gasteiger partial charge in [-0.25, -0.2) is 4.98 Å². The molecule has 0 N–H and O–H groups in total. The van der Waals surface area contributed by atoms with Crippen LogP contribution in [0.5, 0.6) is 5.75 Å². The van der Waals surface area contributed by atoms with E-state index in [-0.39, 0.29) is 5.91 Å². The third kappa shape index (κ3) is 5.15. The Labute approximate surface area is 169 Å². The Morgan fingerprint density at radius 3 is 2.70 bits per heavy atom. The molecule has 1 aromatic carbocycles. The number of piperazine rings is 1. The van der Waals surface area contributed by atoms with Crippen molar-refractivity contribution < 1.29 is 9.53 Å². The number of halogens is 1. The second-order valence-corrected chi connectivity index (χ2v) is 8.06. The Morgan fingerprint density at radius 1 is 1.22 bits per heavy atom. The Bertz CT molecular complexity index is 795. The maximum atomic E-state index is 12.8. The van der Waals surface area contributed by atoms with Gasteiger partial charge in [-0.1, -0.05) is 18.5 Å². The van der Waals surface area contributed by atoms with Gasteiger partial charge in [0, 0.05) is 55.1 Å². The lowest BCUT2D eigenvalue weighted by Crippen LogP contribution is -2.48. The SMILES string of the molecule is CCSc1cc(C(=O)N2CCN(Cc3cc(Cl)ccc3OC)CC2)ccn1. The largest absolute Gasteiger partial charge is 0.496 e. The summed E-state index contributed by atoms with van der Waals surface area (Å²) in [5.41, 5.74) is 1.78. The van der Waals surface area contributed by atoms with E-state index in [0.29, 0.717) is 23.7 Å². The Morgan fingerprint density at radius 2 is 2.00 bits per heavy atom. The second-order valence-electron chi connectivity index (χ2n) is 6.34. The highest BCUT2D eigenvalue weighted by Gasteiger charge is 2.23. The van der Waals surface area contributed by atoms with E-state index in [0.717, 1.165) is 41.7 Å². The van der Waals surface area contributed by atoms with Gasteiger partial charge in [0.2, 0.25) is 0 Å². The third-order valence-electron chi connectivity index (χ3n) is 4.57. The first kappa shape index (κ1) is 20.0. The summed E-state index contributed by atoms with van der Waals surface area (Å²) in [6.45, 7) is 5.90. The molecule has 1 fully saturated rings. The van der Waals surface area contributed by atoms with Crippen molar-refractivity contribution in [1.82, 2.24) is 14.8 Å². The number of rotatable bonds is 6. The second kappa shape index (κ2) is 9.44. The van der Waals surface area contributed by atoms with Crippen LogP contribution in [0.25, 0.3) is 0 Å². The lowest BCUT2D eigenvalue weighted by Gasteiger charge is -2.35. The van der Waals surface area contributed by atoms with Crippen LogP contribution in [-0.4, -0.2) is 59.7 Å². The van der Waals surface area contributed by atoms with Crippen molar-refractivity contribution in [2.75, 3.05) is 39.0 Å². The number of hydrogen-bond acceptors (Lipinski definition) is 5. The van der Waals surface area contributed by atoms with E-state index in [9.17, 15) is 4.79 Å². The molecule has 0 radical (unpaired) electrons. The van der Waals surface area contributed by atoms with Crippen molar-refractivity contribution >= 4 is 29.3 Å². The summed E-state index contributed by atoms with van der Waals surface area (Å²) in [5, 5.41) is 1.60. The van der Waals surface area contributed by atoms with Crippen LogP contribution >= 0.6 is 23.4 Å². The topological polar surface area (TPSA) is 45.7 Å². The molecule has 3 rings (SSSR count). The molecule has 1 saturated heterocycles. The number of carbonyl (C=O) groups is 1. The summed E-state index contributed by atoms with van der Waals surface area (Å²) < 4.78 is 5.43. The van der Waals surface area contributed by atoms with E-state index in [4.69, 9.17) is 16.3 Å². The van der Waals surface area contributed by atoms with E-state index >= 15 is 0 Å². The van der Waals surface area contributed by atoms with Crippen molar-refractivity contribution in [2.45, 2.75) is 18.5 Å². The molecule has 1 amide bonds. The molecule has 1 aliphatic heterocycles. The average Bonchev–Trinajstić information content (AvgIpc) is 2.69. The number of ether oxygens (including phenoxy) is 1. The van der Waals surface area contributed by atoms with Crippen LogP contribution in [0, 0.1) is 0 Å². The normalized spacial score (nSPS) is 15.0. The van der Waals surface area contributed by atoms with Crippen molar-refractivity contribution in [3.8, 4) is 5.75 Å². The van der Waals surface area contributed by atoms with Crippen LogP contribution in [-0.2, 0) is 6.54 Å². The van der Waals surface area contributed by atoms with Gasteiger partial charge < -0.3 is 9.64 Å². The zero-order valence-corrected chi connectivity index (χ0v) is 17.2. The summed E-state index contributed by atoms with van der Waals surface area (Å²) in [6.07, 6.45) is 1.72. The molecule has 2 aromatic rings. The lowest BCUT2D eigenvalue weighted by molar-refractivity contribution is 0.0627. The molecule has 0 saturated carbocycles. The molecule has 0 unspecified atom stereocenters. The summed E-state index contributed by atoms with van der Waals surface area (Å²) >= 11 is 7.77. The fraction of sp³-hybridized carbons (Fsp3) is 0.400. The zero-order chi connectivity index (χ0) is 19.2. The van der Waals surface area contributed by atoms with Crippen LogP contribution in [0.3, 0.4) is 0 Å². The third-order valence-corrected chi connectivity index (χ3v) is 5.61. The minimum Gasteiger partial charge on any atom is -0.496 e. The quantitative estimate of drug-likeness (QED) is 0.684. The highest BCUT2D eigenvalue weighted by atomic mass is 35.5. The highest BCUT2D eigenvalue weighted by Crippen LogP contribution is 2.24. The van der Waals surface area contributed by atoms with Crippen molar-refractivity contribution in [2.24, 2.45) is 0 Å². The number of amides is 1. The van der Waals surface area contributed by atoms with E-state index in [1.807, 2.05) is 29.2 Å². The van der Waals surface area contributed by atoms with Gasteiger partial charge in [0.05, 0.1) is 12.1 Å². The predicted molar refractivity (Wildman–Crippen MR) is 110 cm³/mol. The van der Waals surface area contributed by atoms with Gasteiger partial charge in [0.25, 0.3) is 5.91 Å². The molecule has 2 heterocycles. The first-order valence-corrected chi connectivity index (χ1v) is 10.4. The Hall–Kier alpha value is -1.76. The van der Waals surface area contributed by atoms with E-state index < -0.39 is 0 Å². The lowest BCUT2D eigenvalue weighted by atomic mass is 10.1. The van der Waals surface area contributed by atoms with Gasteiger partial charge in [0.1, 0.15) is 5.75 Å². The number of thioether (sulfide) groups is 1. The number of methoxy groups -OCH3 is 1. The summed E-state index contributed by atoms with van der Waals surface area (Å²) in [5.74, 6) is 1.86. The van der Waals surface area contributed by atoms with Crippen LogP contribution in [0.15, 0.2) is 41.6 Å². The molecule has 27 heavy (non-hydrogen) atoms. The van der Waals surface area contributed by atoms with E-state index in [1.165, 1.54) is 0 Å². The monoisotopic (exact) mass is 405 g/mol. The fourth-order valence-corrected chi connectivity index (χ4v) is 4.01. The Balaban J connectivity index is 1.59. The zero-order valence-electron chi connectivity index (χ0n) is 15.7. The van der Waals surface area contributed by atoms with Gasteiger partial charge in [0.15, 0.2) is 0 Å². The van der Waals surface area contributed by atoms with Gasteiger partial charge in [-0.15, -0.1) is 11.8 Å².